The van der Waals surface area contributed by atoms with Gasteiger partial charge in [0.25, 0.3) is 0 Å². The summed E-state index contributed by atoms with van der Waals surface area (Å²) in [5, 5.41) is 2.89. The summed E-state index contributed by atoms with van der Waals surface area (Å²) < 4.78 is 38.0. The zero-order valence-corrected chi connectivity index (χ0v) is 17.7. The number of amides is 1. The first-order valence-corrected chi connectivity index (χ1v) is 10.9. The van der Waals surface area contributed by atoms with Crippen molar-refractivity contribution in [1.29, 1.82) is 0 Å². The Balaban J connectivity index is 1.66. The van der Waals surface area contributed by atoms with Crippen LogP contribution in [0.2, 0.25) is 0 Å². The fraction of sp³-hybridized carbons (Fsp3) is 0.381. The van der Waals surface area contributed by atoms with E-state index in [4.69, 9.17) is 9.47 Å². The summed E-state index contributed by atoms with van der Waals surface area (Å²) in [6.45, 7) is 2.42. The molecule has 8 heteroatoms. The first-order chi connectivity index (χ1) is 13.8. The molecule has 0 aliphatic carbocycles. The van der Waals surface area contributed by atoms with E-state index in [1.165, 1.54) is 11.4 Å². The fourth-order valence-corrected chi connectivity index (χ4v) is 5.14. The molecule has 156 valence electrons. The predicted molar refractivity (Wildman–Crippen MR) is 111 cm³/mol. The zero-order valence-electron chi connectivity index (χ0n) is 16.8. The van der Waals surface area contributed by atoms with Crippen molar-refractivity contribution >= 4 is 21.6 Å². The number of hydrogen-bond acceptors (Lipinski definition) is 5. The van der Waals surface area contributed by atoms with Crippen LogP contribution in [0.4, 0.5) is 5.69 Å². The lowest BCUT2D eigenvalue weighted by atomic mass is 9.97. The zero-order chi connectivity index (χ0) is 21.0. The molecule has 2 aromatic rings. The highest BCUT2D eigenvalue weighted by Crippen LogP contribution is 2.31. The standard InChI is InChI=1S/C21H26N2O5S/c1-15-7-8-19(28-3)20(13-15)29(25,26)23-11-9-16(10-12-23)21(24)22-17-5-4-6-18(14-17)27-2/h4-8,13-14,16H,9-12H2,1-3H3,(H,22,24). The van der Waals surface area contributed by atoms with Crippen molar-refractivity contribution < 1.29 is 22.7 Å². The van der Waals surface area contributed by atoms with E-state index in [-0.39, 0.29) is 29.8 Å². The van der Waals surface area contributed by atoms with Crippen molar-refractivity contribution in [3.8, 4) is 11.5 Å². The number of hydrogen-bond donors (Lipinski definition) is 1. The molecule has 0 unspecified atom stereocenters. The molecule has 1 amide bonds. The molecule has 0 atom stereocenters. The van der Waals surface area contributed by atoms with Crippen molar-refractivity contribution in [2.75, 3.05) is 32.6 Å². The number of carbonyl (C=O) groups excluding carboxylic acids is 1. The third-order valence-electron chi connectivity index (χ3n) is 5.10. The van der Waals surface area contributed by atoms with Crippen LogP contribution in [0, 0.1) is 12.8 Å². The van der Waals surface area contributed by atoms with Crippen LogP contribution in [-0.4, -0.2) is 45.9 Å². The van der Waals surface area contributed by atoms with Gasteiger partial charge < -0.3 is 14.8 Å². The Morgan fingerprint density at radius 1 is 1.07 bits per heavy atom. The van der Waals surface area contributed by atoms with Crippen molar-refractivity contribution in [3.63, 3.8) is 0 Å². The Morgan fingerprint density at radius 3 is 2.45 bits per heavy atom. The lowest BCUT2D eigenvalue weighted by Crippen LogP contribution is -2.41. The first-order valence-electron chi connectivity index (χ1n) is 9.45. The van der Waals surface area contributed by atoms with Crippen LogP contribution in [0.25, 0.3) is 0 Å². The second-order valence-electron chi connectivity index (χ2n) is 7.05. The van der Waals surface area contributed by atoms with Gasteiger partial charge in [0.15, 0.2) is 0 Å². The Kier molecular flexibility index (Phi) is 6.44. The summed E-state index contributed by atoms with van der Waals surface area (Å²) in [5.41, 5.74) is 1.51. The molecule has 1 fully saturated rings. The molecule has 0 saturated carbocycles. The number of nitrogens with zero attached hydrogens (tertiary/aromatic N) is 1. The normalized spacial score (nSPS) is 15.7. The SMILES string of the molecule is COc1cccc(NC(=O)C2CCN(S(=O)(=O)c3cc(C)ccc3OC)CC2)c1. The van der Waals surface area contributed by atoms with Gasteiger partial charge in [-0.2, -0.15) is 4.31 Å². The molecule has 1 N–H and O–H groups in total. The first kappa shape index (κ1) is 21.1. The summed E-state index contributed by atoms with van der Waals surface area (Å²) in [4.78, 5) is 12.8. The minimum atomic E-state index is -3.68. The Hall–Kier alpha value is -2.58. The third-order valence-corrected chi connectivity index (χ3v) is 7.02. The van der Waals surface area contributed by atoms with Crippen LogP contribution in [0.1, 0.15) is 18.4 Å². The summed E-state index contributed by atoms with van der Waals surface area (Å²) in [5.74, 6) is 0.639. The number of ether oxygens (including phenoxy) is 2. The van der Waals surface area contributed by atoms with Gasteiger partial charge in [0.05, 0.1) is 14.2 Å². The molecule has 29 heavy (non-hydrogen) atoms. The maximum atomic E-state index is 13.1. The lowest BCUT2D eigenvalue weighted by molar-refractivity contribution is -0.120. The summed E-state index contributed by atoms with van der Waals surface area (Å²) >= 11 is 0. The topological polar surface area (TPSA) is 84.9 Å². The second-order valence-corrected chi connectivity index (χ2v) is 8.96. The lowest BCUT2D eigenvalue weighted by Gasteiger charge is -2.31. The van der Waals surface area contributed by atoms with Crippen LogP contribution < -0.4 is 14.8 Å². The van der Waals surface area contributed by atoms with Gasteiger partial charge in [0.1, 0.15) is 16.4 Å². The number of piperidine rings is 1. The third kappa shape index (κ3) is 4.71. The largest absolute Gasteiger partial charge is 0.497 e. The fourth-order valence-electron chi connectivity index (χ4n) is 3.43. The Labute approximate surface area is 171 Å². The van der Waals surface area contributed by atoms with Crippen molar-refractivity contribution in [2.45, 2.75) is 24.7 Å². The number of methoxy groups -OCH3 is 2. The molecule has 0 radical (unpaired) electrons. The minimum Gasteiger partial charge on any atom is -0.497 e. The monoisotopic (exact) mass is 418 g/mol. The molecule has 1 saturated heterocycles. The average molecular weight is 419 g/mol. The molecular weight excluding hydrogens is 392 g/mol. The summed E-state index contributed by atoms with van der Waals surface area (Å²) in [6.07, 6.45) is 0.923. The van der Waals surface area contributed by atoms with E-state index in [0.717, 1.165) is 5.56 Å². The minimum absolute atomic E-state index is 0.108. The van der Waals surface area contributed by atoms with Gasteiger partial charge in [-0.1, -0.05) is 12.1 Å². The molecule has 3 rings (SSSR count). The van der Waals surface area contributed by atoms with E-state index in [1.54, 1.807) is 43.5 Å². The van der Waals surface area contributed by atoms with Gasteiger partial charge in [-0.15, -0.1) is 0 Å². The van der Waals surface area contributed by atoms with Crippen LogP contribution in [0.5, 0.6) is 11.5 Å². The van der Waals surface area contributed by atoms with Gasteiger partial charge in [-0.05, 0) is 49.6 Å². The number of rotatable bonds is 6. The van der Waals surface area contributed by atoms with E-state index < -0.39 is 10.0 Å². The highest BCUT2D eigenvalue weighted by molar-refractivity contribution is 7.89. The van der Waals surface area contributed by atoms with Gasteiger partial charge >= 0.3 is 0 Å². The summed E-state index contributed by atoms with van der Waals surface area (Å²) in [6, 6.07) is 12.3. The molecule has 0 aromatic heterocycles. The second kappa shape index (κ2) is 8.84. The van der Waals surface area contributed by atoms with Crippen LogP contribution in [0.3, 0.4) is 0 Å². The maximum Gasteiger partial charge on any atom is 0.246 e. The smallest absolute Gasteiger partial charge is 0.246 e. The van der Waals surface area contributed by atoms with E-state index in [9.17, 15) is 13.2 Å². The molecule has 1 heterocycles. The number of nitrogens with one attached hydrogen (secondary N) is 1. The van der Waals surface area contributed by atoms with E-state index in [1.807, 2.05) is 13.0 Å². The quantitative estimate of drug-likeness (QED) is 0.779. The number of aryl methyl sites for hydroxylation is 1. The van der Waals surface area contributed by atoms with E-state index in [2.05, 4.69) is 5.32 Å². The predicted octanol–water partition coefficient (Wildman–Crippen LogP) is 3.05. The van der Waals surface area contributed by atoms with Crippen LogP contribution in [0.15, 0.2) is 47.4 Å². The molecule has 1 aliphatic rings. The molecule has 0 bridgehead atoms. The molecule has 0 spiro atoms. The number of benzene rings is 2. The van der Waals surface area contributed by atoms with E-state index in [0.29, 0.717) is 30.0 Å². The maximum absolute atomic E-state index is 13.1. The number of sulfonamides is 1. The van der Waals surface area contributed by atoms with Gasteiger partial charge in [0, 0.05) is 30.8 Å². The number of anilines is 1. The average Bonchev–Trinajstić information content (AvgIpc) is 2.74. The van der Waals surface area contributed by atoms with Gasteiger partial charge in [-0.3, -0.25) is 4.79 Å². The van der Waals surface area contributed by atoms with Crippen LogP contribution >= 0.6 is 0 Å². The molecular formula is C21H26N2O5S. The highest BCUT2D eigenvalue weighted by Gasteiger charge is 2.33. The van der Waals surface area contributed by atoms with E-state index >= 15 is 0 Å². The van der Waals surface area contributed by atoms with Gasteiger partial charge in [-0.25, -0.2) is 8.42 Å². The Bertz CT molecular complexity index is 982. The van der Waals surface area contributed by atoms with Crippen molar-refractivity contribution in [1.82, 2.24) is 4.31 Å². The molecule has 1 aliphatic heterocycles. The van der Waals surface area contributed by atoms with Gasteiger partial charge in [0.2, 0.25) is 15.9 Å². The van der Waals surface area contributed by atoms with Crippen LogP contribution in [-0.2, 0) is 14.8 Å². The highest BCUT2D eigenvalue weighted by atomic mass is 32.2. The Morgan fingerprint density at radius 2 is 1.79 bits per heavy atom. The molecule has 7 nitrogen and oxygen atoms in total. The van der Waals surface area contributed by atoms with Crippen molar-refractivity contribution in [2.24, 2.45) is 5.92 Å². The van der Waals surface area contributed by atoms with Crippen molar-refractivity contribution in [3.05, 3.63) is 48.0 Å². The number of carbonyl (C=O) groups is 1. The molecule has 2 aromatic carbocycles. The summed E-state index contributed by atoms with van der Waals surface area (Å²) in [7, 11) is -0.657.